The third-order valence-electron chi connectivity index (χ3n) is 7.63. The summed E-state index contributed by atoms with van der Waals surface area (Å²) in [5.74, 6) is -0.0770. The number of aliphatic hydroxyl groups is 4. The Morgan fingerprint density at radius 3 is 1.22 bits per heavy atom. The zero-order chi connectivity index (χ0) is 41.9. The molecule has 0 spiro atoms. The number of phosphoric ester groups is 2. The molecule has 4 aromatic rings. The first-order valence-corrected chi connectivity index (χ1v) is 22.5. The van der Waals surface area contributed by atoms with Gasteiger partial charge in [0.05, 0.1) is 25.9 Å². The smallest absolute Gasteiger partial charge is 0.387 e. The molecule has 6 heterocycles. The van der Waals surface area contributed by atoms with Crippen molar-refractivity contribution >= 4 is 91.9 Å². The Labute approximate surface area is 332 Å². The normalized spacial score (nSPS) is 30.2. The molecule has 2 aliphatic heterocycles. The molecule has 6 rings (SSSR count). The number of ether oxygens (including phenoxy) is 2. The first-order chi connectivity index (χ1) is 26.4. The van der Waals surface area contributed by atoms with Crippen LogP contribution in [-0.2, 0) is 58.6 Å². The molecule has 38 heteroatoms. The Balaban J connectivity index is 0.00000641. The van der Waals surface area contributed by atoms with E-state index < -0.39 is 101 Å². The molecule has 32 nitrogen and oxygen atoms in total. The van der Waals surface area contributed by atoms with E-state index in [1.165, 1.54) is 0 Å². The van der Waals surface area contributed by atoms with Gasteiger partial charge in [0.15, 0.2) is 35.4 Å². The molecule has 0 aliphatic carbocycles. The van der Waals surface area contributed by atoms with E-state index >= 15 is 0 Å². The Bertz CT molecular complexity index is 2240. The van der Waals surface area contributed by atoms with Crippen LogP contribution >= 0.6 is 39.1 Å². The van der Waals surface area contributed by atoms with Crippen molar-refractivity contribution in [3.05, 3.63) is 25.3 Å². The minimum atomic E-state index is -6.45. The Morgan fingerprint density at radius 2 is 0.879 bits per heavy atom. The van der Waals surface area contributed by atoms with E-state index in [2.05, 4.69) is 56.2 Å². The van der Waals surface area contributed by atoms with Crippen LogP contribution in [0.5, 0.6) is 0 Å². The van der Waals surface area contributed by atoms with Gasteiger partial charge in [0.25, 0.3) is 0 Å². The second-order valence-corrected chi connectivity index (χ2v) is 19.3. The van der Waals surface area contributed by atoms with Crippen molar-refractivity contribution in [1.82, 2.24) is 39.0 Å². The van der Waals surface area contributed by atoms with Gasteiger partial charge in [-0.1, -0.05) is 0 Å². The molecular weight excluding hydrogens is 894 g/mol. The molecule has 0 amide bonds. The van der Waals surface area contributed by atoms with Crippen LogP contribution in [0.25, 0.3) is 22.3 Å². The van der Waals surface area contributed by atoms with Gasteiger partial charge in [-0.15, -0.1) is 0 Å². The average molecular weight is 923 g/mol. The SMILES string of the molecule is Nc1ncnc2c1ncn2[C@@H]1O[C@H](COP(=O)(O)OP(=O)(O)OP(=O)(O)OP(=O)(O)OP(=O)(O)OC[C@H]2O[C@@H](n3cnc4c(N)ncnc43)[C@H](O)[C@@H]2O)[C@@H](O)[C@H]1O.[Li]. The zero-order valence-electron chi connectivity index (χ0n) is 28.6. The molecule has 1 radical (unpaired) electrons. The summed E-state index contributed by atoms with van der Waals surface area (Å²) >= 11 is 0. The molecule has 2 aliphatic rings. The molecule has 0 bridgehead atoms. The molecule has 4 unspecified atom stereocenters. The summed E-state index contributed by atoms with van der Waals surface area (Å²) in [4.78, 5) is 72.6. The first kappa shape index (κ1) is 46.8. The molecule has 317 valence electrons. The third kappa shape index (κ3) is 10.4. The van der Waals surface area contributed by atoms with Crippen molar-refractivity contribution in [2.24, 2.45) is 0 Å². The van der Waals surface area contributed by atoms with E-state index in [-0.39, 0.29) is 52.8 Å². The number of aliphatic hydroxyl groups excluding tert-OH is 4. The number of nitrogens with two attached hydrogens (primary N) is 2. The van der Waals surface area contributed by atoms with E-state index in [9.17, 15) is 67.7 Å². The van der Waals surface area contributed by atoms with Crippen LogP contribution in [0.4, 0.5) is 11.6 Å². The number of rotatable bonds is 16. The third-order valence-corrected chi connectivity index (χ3v) is 15.2. The van der Waals surface area contributed by atoms with E-state index in [4.69, 9.17) is 20.9 Å². The number of imidazole rings is 2. The number of nitrogen functional groups attached to an aromatic ring is 2. The fraction of sp³-hybridized carbons (Fsp3) is 0.500. The zero-order valence-corrected chi connectivity index (χ0v) is 33.1. The summed E-state index contributed by atoms with van der Waals surface area (Å²) in [6.07, 6.45) is -9.04. The van der Waals surface area contributed by atoms with Crippen LogP contribution in [0.1, 0.15) is 12.5 Å². The number of anilines is 2. The number of nitrogens with zero attached hydrogens (tertiary/aromatic N) is 8. The number of aromatic nitrogens is 8. The summed E-state index contributed by atoms with van der Waals surface area (Å²) in [6, 6.07) is 0. The van der Waals surface area contributed by atoms with Crippen molar-refractivity contribution in [2.75, 3.05) is 24.7 Å². The van der Waals surface area contributed by atoms with Gasteiger partial charge in [-0.3, -0.25) is 18.2 Å². The molecule has 4 aromatic heterocycles. The Hall–Kier alpha value is -2.23. The Morgan fingerprint density at radius 1 is 0.552 bits per heavy atom. The maximum absolute atomic E-state index is 12.4. The summed E-state index contributed by atoms with van der Waals surface area (Å²) in [5.41, 5.74) is 11.7. The largest absolute Gasteiger partial charge is 0.490 e. The van der Waals surface area contributed by atoms with Gasteiger partial charge in [-0.05, 0) is 0 Å². The van der Waals surface area contributed by atoms with Crippen molar-refractivity contribution in [3.63, 3.8) is 0 Å². The van der Waals surface area contributed by atoms with Crippen LogP contribution in [-0.4, -0.2) is 153 Å². The molecule has 12 atom stereocenters. The van der Waals surface area contributed by atoms with Gasteiger partial charge >= 0.3 is 39.1 Å². The number of hydrogen-bond acceptors (Lipinski definition) is 25. The van der Waals surface area contributed by atoms with E-state index in [1.807, 2.05) is 0 Å². The summed E-state index contributed by atoms with van der Waals surface area (Å²) in [5, 5.41) is 41.8. The van der Waals surface area contributed by atoms with Crippen LogP contribution in [0, 0.1) is 0 Å². The van der Waals surface area contributed by atoms with Crippen LogP contribution in [0.15, 0.2) is 25.3 Å². The predicted molar refractivity (Wildman–Crippen MR) is 182 cm³/mol. The molecule has 2 saturated heterocycles. The maximum atomic E-state index is 12.4. The second kappa shape index (κ2) is 17.3. The Kier molecular flexibility index (Phi) is 13.9. The van der Waals surface area contributed by atoms with E-state index in [1.54, 1.807) is 0 Å². The van der Waals surface area contributed by atoms with Gasteiger partial charge < -0.3 is 65.8 Å². The van der Waals surface area contributed by atoms with Crippen molar-refractivity contribution in [1.29, 1.82) is 0 Å². The van der Waals surface area contributed by atoms with Crippen LogP contribution < -0.4 is 11.5 Å². The molecule has 0 saturated carbocycles. The summed E-state index contributed by atoms with van der Waals surface area (Å²) in [7, 11) is -30.8. The number of phosphoric acid groups is 5. The molecule has 0 aromatic carbocycles. The fourth-order valence-electron chi connectivity index (χ4n) is 5.25. The quantitative estimate of drug-likeness (QED) is 0.0402. The number of hydrogen-bond donors (Lipinski definition) is 11. The van der Waals surface area contributed by atoms with E-state index in [0.29, 0.717) is 0 Å². The van der Waals surface area contributed by atoms with Crippen molar-refractivity contribution in [2.45, 2.75) is 49.1 Å². The van der Waals surface area contributed by atoms with Crippen LogP contribution in [0.3, 0.4) is 0 Å². The molecule has 13 N–H and O–H groups in total. The average Bonchev–Trinajstić information content (AvgIpc) is 3.83. The second-order valence-electron chi connectivity index (χ2n) is 11.5. The molecule has 2 fully saturated rings. The van der Waals surface area contributed by atoms with Gasteiger partial charge in [0.1, 0.15) is 60.3 Å². The monoisotopic (exact) mass is 923 g/mol. The van der Waals surface area contributed by atoms with Gasteiger partial charge in [-0.25, -0.2) is 52.7 Å². The fourth-order valence-corrected chi connectivity index (χ4v) is 11.6. The minimum absolute atomic E-state index is 0. The minimum Gasteiger partial charge on any atom is -0.387 e. The molecular formula is C20H29LiN10O22P5. The maximum Gasteiger partial charge on any atom is 0.490 e. The predicted octanol–water partition coefficient (Wildman–Crippen LogP) is -2.71. The van der Waals surface area contributed by atoms with Crippen molar-refractivity contribution < 1.29 is 103 Å². The molecule has 58 heavy (non-hydrogen) atoms. The van der Waals surface area contributed by atoms with Gasteiger partial charge in [-0.2, -0.15) is 17.2 Å². The van der Waals surface area contributed by atoms with Crippen molar-refractivity contribution in [3.8, 4) is 0 Å². The first-order valence-electron chi connectivity index (χ1n) is 15.1. The van der Waals surface area contributed by atoms with Gasteiger partial charge in [0, 0.05) is 18.9 Å². The van der Waals surface area contributed by atoms with Gasteiger partial charge in [0.2, 0.25) is 0 Å². The standard InChI is InChI=1S/C20H29N10O22P5.Li/c21-15-9-17(25-3-23-15)29(5-27-9)19-13(33)11(31)7(47-19)1-45-53(35,36)49-55(39,40)51-57(43,44)52-56(41,42)50-54(37,38)46-2-8-12(32)14(34)20(48-8)30-6-28-10-16(22)24-4-26-18(10)30;/h3-8,11-14,19-20,31-34H,1-2H2,(H,35,36)(H,37,38)(H,39,40)(H,41,42)(H,43,44)(H2,21,23,25)(H2,22,24,26);/t7-,8-,11-,12-,13-,14-,19-,20-;/m1./s1. The topological polar surface area (TPSA) is 481 Å². The summed E-state index contributed by atoms with van der Waals surface area (Å²) < 4.78 is 98.9. The van der Waals surface area contributed by atoms with Crippen LogP contribution in [0.2, 0.25) is 0 Å². The number of fused-ring (bicyclic) bond motifs is 2. The van der Waals surface area contributed by atoms with E-state index in [0.717, 1.165) is 34.4 Å². The summed E-state index contributed by atoms with van der Waals surface area (Å²) in [6.45, 7) is -2.34.